The SMILES string of the molecule is Cc1[nH]c(C=O)c(C)c1-c1ccc(C(=O)N2CCOCC2)cc1. The molecule has 3 rings (SSSR count). The van der Waals surface area contributed by atoms with Crippen LogP contribution >= 0.6 is 0 Å². The van der Waals surface area contributed by atoms with Gasteiger partial charge >= 0.3 is 0 Å². The molecular weight excluding hydrogens is 292 g/mol. The topological polar surface area (TPSA) is 62.4 Å². The highest BCUT2D eigenvalue weighted by Crippen LogP contribution is 2.29. The average molecular weight is 312 g/mol. The van der Waals surface area contributed by atoms with Crippen molar-refractivity contribution >= 4 is 12.2 Å². The van der Waals surface area contributed by atoms with Crippen molar-refractivity contribution in [3.63, 3.8) is 0 Å². The number of benzene rings is 1. The van der Waals surface area contributed by atoms with Gasteiger partial charge in [-0.1, -0.05) is 12.1 Å². The van der Waals surface area contributed by atoms with Crippen LogP contribution in [0, 0.1) is 13.8 Å². The first-order valence-electron chi connectivity index (χ1n) is 7.73. The lowest BCUT2D eigenvalue weighted by molar-refractivity contribution is 0.0303. The molecule has 5 nitrogen and oxygen atoms in total. The average Bonchev–Trinajstić information content (AvgIpc) is 2.89. The summed E-state index contributed by atoms with van der Waals surface area (Å²) in [7, 11) is 0. The molecule has 2 heterocycles. The van der Waals surface area contributed by atoms with Crippen molar-refractivity contribution in [3.05, 3.63) is 46.8 Å². The van der Waals surface area contributed by atoms with Crippen molar-refractivity contribution in [1.82, 2.24) is 9.88 Å². The molecule has 1 fully saturated rings. The van der Waals surface area contributed by atoms with Crippen molar-refractivity contribution < 1.29 is 14.3 Å². The van der Waals surface area contributed by atoms with Crippen molar-refractivity contribution in [2.75, 3.05) is 26.3 Å². The summed E-state index contributed by atoms with van der Waals surface area (Å²) >= 11 is 0. The van der Waals surface area contributed by atoms with Crippen LogP contribution in [0.2, 0.25) is 0 Å². The molecule has 1 N–H and O–H groups in total. The fourth-order valence-corrected chi connectivity index (χ4v) is 3.05. The van der Waals surface area contributed by atoms with E-state index in [0.29, 0.717) is 37.6 Å². The summed E-state index contributed by atoms with van der Waals surface area (Å²) in [4.78, 5) is 28.4. The number of aromatic nitrogens is 1. The minimum Gasteiger partial charge on any atom is -0.378 e. The Morgan fingerprint density at radius 3 is 2.39 bits per heavy atom. The second kappa shape index (κ2) is 6.38. The number of carbonyl (C=O) groups is 2. The van der Waals surface area contributed by atoms with Gasteiger partial charge in [0.1, 0.15) is 0 Å². The second-order valence-electron chi connectivity index (χ2n) is 5.76. The lowest BCUT2D eigenvalue weighted by Gasteiger charge is -2.26. The molecule has 0 saturated carbocycles. The van der Waals surface area contributed by atoms with Gasteiger partial charge in [-0.05, 0) is 37.1 Å². The third kappa shape index (κ3) is 2.92. The summed E-state index contributed by atoms with van der Waals surface area (Å²) in [6, 6.07) is 7.57. The van der Waals surface area contributed by atoms with E-state index in [-0.39, 0.29) is 5.91 Å². The van der Waals surface area contributed by atoms with E-state index in [1.54, 1.807) is 0 Å². The molecule has 1 aromatic heterocycles. The molecule has 1 aromatic carbocycles. The Labute approximate surface area is 135 Å². The monoisotopic (exact) mass is 312 g/mol. The Morgan fingerprint density at radius 2 is 1.83 bits per heavy atom. The standard InChI is InChI=1S/C18H20N2O3/c1-12-16(11-21)19-13(2)17(12)14-3-5-15(6-4-14)18(22)20-7-9-23-10-8-20/h3-6,11,19H,7-10H2,1-2H3. The molecule has 0 unspecified atom stereocenters. The second-order valence-corrected chi connectivity index (χ2v) is 5.76. The first kappa shape index (κ1) is 15.5. The lowest BCUT2D eigenvalue weighted by Crippen LogP contribution is -2.40. The van der Waals surface area contributed by atoms with E-state index in [2.05, 4.69) is 4.98 Å². The van der Waals surface area contributed by atoms with Gasteiger partial charge in [-0.15, -0.1) is 0 Å². The molecule has 120 valence electrons. The van der Waals surface area contributed by atoms with Gasteiger partial charge in [-0.3, -0.25) is 9.59 Å². The number of aryl methyl sites for hydroxylation is 1. The number of rotatable bonds is 3. The van der Waals surface area contributed by atoms with E-state index in [1.807, 2.05) is 43.0 Å². The maximum atomic E-state index is 12.4. The van der Waals surface area contributed by atoms with Crippen LogP contribution in [-0.2, 0) is 4.74 Å². The van der Waals surface area contributed by atoms with E-state index < -0.39 is 0 Å². The van der Waals surface area contributed by atoms with Crippen LogP contribution in [-0.4, -0.2) is 48.4 Å². The molecule has 1 amide bonds. The Bertz CT molecular complexity index is 725. The number of nitrogens with one attached hydrogen (secondary N) is 1. The van der Waals surface area contributed by atoms with Gasteiger partial charge in [0.15, 0.2) is 6.29 Å². The molecule has 0 spiro atoms. The van der Waals surface area contributed by atoms with Crippen LogP contribution in [0.15, 0.2) is 24.3 Å². The molecule has 23 heavy (non-hydrogen) atoms. The third-order valence-corrected chi connectivity index (χ3v) is 4.31. The first-order valence-corrected chi connectivity index (χ1v) is 7.73. The molecule has 0 bridgehead atoms. The Balaban J connectivity index is 1.86. The van der Waals surface area contributed by atoms with Gasteiger partial charge in [0.2, 0.25) is 0 Å². The fraction of sp³-hybridized carbons (Fsp3) is 0.333. The quantitative estimate of drug-likeness (QED) is 0.886. The fourth-order valence-electron chi connectivity index (χ4n) is 3.05. The zero-order valence-electron chi connectivity index (χ0n) is 13.4. The van der Waals surface area contributed by atoms with Gasteiger partial charge in [0, 0.05) is 29.9 Å². The number of aromatic amines is 1. The number of morpholine rings is 1. The van der Waals surface area contributed by atoms with Crippen molar-refractivity contribution in [3.8, 4) is 11.1 Å². The minimum absolute atomic E-state index is 0.0379. The van der Waals surface area contributed by atoms with Crippen LogP contribution in [0.3, 0.4) is 0 Å². The number of amides is 1. The summed E-state index contributed by atoms with van der Waals surface area (Å²) in [6.07, 6.45) is 0.835. The zero-order chi connectivity index (χ0) is 16.4. The van der Waals surface area contributed by atoms with Crippen LogP contribution in [0.5, 0.6) is 0 Å². The number of hydrogen-bond donors (Lipinski definition) is 1. The van der Waals surface area contributed by atoms with Gasteiger partial charge in [-0.25, -0.2) is 0 Å². The van der Waals surface area contributed by atoms with Crippen molar-refractivity contribution in [2.45, 2.75) is 13.8 Å². The van der Waals surface area contributed by atoms with E-state index in [4.69, 9.17) is 4.74 Å². The molecule has 1 aliphatic heterocycles. The van der Waals surface area contributed by atoms with Gasteiger partial charge in [0.05, 0.1) is 18.9 Å². The van der Waals surface area contributed by atoms with Crippen LogP contribution < -0.4 is 0 Å². The maximum absolute atomic E-state index is 12.4. The van der Waals surface area contributed by atoms with Gasteiger partial charge < -0.3 is 14.6 Å². The molecule has 0 atom stereocenters. The molecule has 2 aromatic rings. The Morgan fingerprint density at radius 1 is 1.17 bits per heavy atom. The number of aldehydes is 1. The summed E-state index contributed by atoms with van der Waals surface area (Å²) in [6.45, 7) is 6.34. The van der Waals surface area contributed by atoms with Crippen LogP contribution in [0.1, 0.15) is 32.1 Å². The number of ether oxygens (including phenoxy) is 1. The summed E-state index contributed by atoms with van der Waals surface area (Å²) in [5.74, 6) is 0.0379. The molecule has 5 heteroatoms. The number of hydrogen-bond acceptors (Lipinski definition) is 3. The van der Waals surface area contributed by atoms with E-state index in [0.717, 1.165) is 28.7 Å². The van der Waals surface area contributed by atoms with Crippen molar-refractivity contribution in [1.29, 1.82) is 0 Å². The normalized spacial score (nSPS) is 14.8. The van der Waals surface area contributed by atoms with E-state index >= 15 is 0 Å². The first-order chi connectivity index (χ1) is 11.1. The molecular formula is C18H20N2O3. The molecule has 1 saturated heterocycles. The highest BCUT2D eigenvalue weighted by atomic mass is 16.5. The minimum atomic E-state index is 0.0379. The Hall–Kier alpha value is -2.40. The smallest absolute Gasteiger partial charge is 0.254 e. The van der Waals surface area contributed by atoms with E-state index in [9.17, 15) is 9.59 Å². The maximum Gasteiger partial charge on any atom is 0.254 e. The highest BCUT2D eigenvalue weighted by Gasteiger charge is 2.19. The lowest BCUT2D eigenvalue weighted by atomic mass is 10.00. The van der Waals surface area contributed by atoms with Crippen LogP contribution in [0.4, 0.5) is 0 Å². The predicted molar refractivity (Wildman–Crippen MR) is 87.8 cm³/mol. The number of H-pyrrole nitrogens is 1. The van der Waals surface area contributed by atoms with Gasteiger partial charge in [0.25, 0.3) is 5.91 Å². The predicted octanol–water partition coefficient (Wildman–Crippen LogP) is 2.58. The Kier molecular flexibility index (Phi) is 4.30. The summed E-state index contributed by atoms with van der Waals surface area (Å²) in [5.41, 5.74) is 5.20. The largest absolute Gasteiger partial charge is 0.378 e. The van der Waals surface area contributed by atoms with E-state index in [1.165, 1.54) is 0 Å². The number of carbonyl (C=O) groups excluding carboxylic acids is 2. The summed E-state index contributed by atoms with van der Waals surface area (Å²) < 4.78 is 5.28. The highest BCUT2D eigenvalue weighted by molar-refractivity contribution is 5.95. The summed E-state index contributed by atoms with van der Waals surface area (Å²) in [5, 5.41) is 0. The zero-order valence-corrected chi connectivity index (χ0v) is 13.4. The molecule has 1 aliphatic rings. The van der Waals surface area contributed by atoms with Crippen LogP contribution in [0.25, 0.3) is 11.1 Å². The molecule has 0 aliphatic carbocycles. The third-order valence-electron chi connectivity index (χ3n) is 4.31. The van der Waals surface area contributed by atoms with Gasteiger partial charge in [-0.2, -0.15) is 0 Å². The number of nitrogens with zero attached hydrogens (tertiary/aromatic N) is 1. The van der Waals surface area contributed by atoms with Crippen molar-refractivity contribution in [2.24, 2.45) is 0 Å². The molecule has 0 radical (unpaired) electrons.